The molecule has 1 amide bonds. The van der Waals surface area contributed by atoms with E-state index in [1.54, 1.807) is 13.8 Å². The van der Waals surface area contributed by atoms with Crippen molar-refractivity contribution in [3.63, 3.8) is 0 Å². The topological polar surface area (TPSA) is 52.3 Å². The fourth-order valence-corrected chi connectivity index (χ4v) is 4.36. The minimum absolute atomic E-state index is 0.128. The third kappa shape index (κ3) is 2.77. The third-order valence-electron chi connectivity index (χ3n) is 5.69. The van der Waals surface area contributed by atoms with Crippen molar-refractivity contribution in [1.82, 2.24) is 0 Å². The molecule has 2 aliphatic rings. The molecule has 25 heavy (non-hydrogen) atoms. The molecule has 1 aromatic rings. The molecule has 1 fully saturated rings. The Morgan fingerprint density at radius 3 is 2.56 bits per heavy atom. The molecular formula is C18H21F4NO2. The number of carbonyl (C=O) groups excluding carboxylic acids is 1. The number of ether oxygens (including phenoxy) is 1. The first-order valence-corrected chi connectivity index (χ1v) is 8.30. The van der Waals surface area contributed by atoms with E-state index in [1.165, 1.54) is 12.1 Å². The summed E-state index contributed by atoms with van der Waals surface area (Å²) in [6.45, 7) is 3.65. The lowest BCUT2D eigenvalue weighted by atomic mass is 9.53. The fourth-order valence-electron chi connectivity index (χ4n) is 4.36. The van der Waals surface area contributed by atoms with Crippen molar-refractivity contribution < 1.29 is 27.1 Å². The summed E-state index contributed by atoms with van der Waals surface area (Å²) < 4.78 is 61.1. The van der Waals surface area contributed by atoms with E-state index in [1.807, 2.05) is 0 Å². The summed E-state index contributed by atoms with van der Waals surface area (Å²) in [6.07, 6.45) is -4.38. The maximum absolute atomic E-state index is 14.0. The smallest absolute Gasteiger partial charge is 0.395 e. The number of rotatable bonds is 4. The Kier molecular flexibility index (Phi) is 4.04. The number of halogens is 4. The van der Waals surface area contributed by atoms with Gasteiger partial charge in [-0.2, -0.15) is 13.2 Å². The van der Waals surface area contributed by atoms with Gasteiger partial charge in [0.05, 0.1) is 17.9 Å². The van der Waals surface area contributed by atoms with E-state index < -0.39 is 34.6 Å². The molecular weight excluding hydrogens is 338 g/mol. The Hall–Kier alpha value is -1.79. The number of benzene rings is 1. The van der Waals surface area contributed by atoms with Crippen LogP contribution in [0.15, 0.2) is 12.1 Å². The van der Waals surface area contributed by atoms with Crippen molar-refractivity contribution in [2.75, 3.05) is 6.61 Å². The van der Waals surface area contributed by atoms with Crippen LogP contribution < -0.4 is 10.5 Å². The Balaban J connectivity index is 2.02. The highest BCUT2D eigenvalue weighted by atomic mass is 19.4. The molecule has 0 bridgehead atoms. The van der Waals surface area contributed by atoms with Gasteiger partial charge in [-0.25, -0.2) is 4.39 Å². The second-order valence-electron chi connectivity index (χ2n) is 7.75. The molecule has 1 aliphatic heterocycles. The van der Waals surface area contributed by atoms with Gasteiger partial charge < -0.3 is 10.5 Å². The van der Waals surface area contributed by atoms with E-state index in [0.717, 1.165) is 0 Å². The average Bonchev–Trinajstić information content (AvgIpc) is 2.88. The molecule has 2 atom stereocenters. The predicted octanol–water partition coefficient (Wildman–Crippen LogP) is 3.87. The Bertz CT molecular complexity index is 714. The minimum atomic E-state index is -4.56. The zero-order valence-electron chi connectivity index (χ0n) is 14.2. The molecule has 1 heterocycles. The summed E-state index contributed by atoms with van der Waals surface area (Å²) in [5.41, 5.74) is 3.11. The van der Waals surface area contributed by atoms with Crippen molar-refractivity contribution in [3.05, 3.63) is 29.1 Å². The van der Waals surface area contributed by atoms with Crippen molar-refractivity contribution in [2.24, 2.45) is 17.1 Å². The second kappa shape index (κ2) is 5.61. The zero-order valence-corrected chi connectivity index (χ0v) is 14.2. The summed E-state index contributed by atoms with van der Waals surface area (Å²) in [7, 11) is 0. The van der Waals surface area contributed by atoms with E-state index in [9.17, 15) is 22.4 Å². The Morgan fingerprint density at radius 2 is 2.04 bits per heavy atom. The number of alkyl halides is 3. The molecule has 3 rings (SSSR count). The largest absolute Gasteiger partial charge is 0.493 e. The number of amides is 1. The molecule has 7 heteroatoms. The first kappa shape index (κ1) is 18.0. The van der Waals surface area contributed by atoms with Crippen LogP contribution in [0.3, 0.4) is 0 Å². The van der Waals surface area contributed by atoms with Gasteiger partial charge in [0.2, 0.25) is 5.91 Å². The molecule has 2 N–H and O–H groups in total. The quantitative estimate of drug-likeness (QED) is 0.830. The maximum Gasteiger partial charge on any atom is 0.395 e. The van der Waals surface area contributed by atoms with Gasteiger partial charge in [-0.3, -0.25) is 4.79 Å². The Labute approximate surface area is 143 Å². The van der Waals surface area contributed by atoms with Gasteiger partial charge in [0.15, 0.2) is 0 Å². The molecule has 0 unspecified atom stereocenters. The zero-order chi connectivity index (χ0) is 18.6. The standard InChI is InChI=1S/C18H21F4NO2/c1-16(2,13-8-11(19)7-10-4-6-25-14(10)13)9-17(18(20,21)22)5-3-12(17)15(23)24/h7-8,12H,3-6,9H2,1-2H3,(H2,23,24)/t12-,17+/m1/s1. The lowest BCUT2D eigenvalue weighted by Crippen LogP contribution is -2.58. The van der Waals surface area contributed by atoms with E-state index in [2.05, 4.69) is 0 Å². The molecule has 0 aromatic heterocycles. The van der Waals surface area contributed by atoms with Crippen LogP contribution in [-0.2, 0) is 16.6 Å². The van der Waals surface area contributed by atoms with E-state index in [4.69, 9.17) is 10.5 Å². The molecule has 0 saturated heterocycles. The average molecular weight is 359 g/mol. The van der Waals surface area contributed by atoms with Gasteiger partial charge in [0, 0.05) is 17.5 Å². The number of nitrogens with two attached hydrogens (primary N) is 1. The fraction of sp³-hybridized carbons (Fsp3) is 0.611. The summed E-state index contributed by atoms with van der Waals surface area (Å²) >= 11 is 0. The van der Waals surface area contributed by atoms with E-state index in [0.29, 0.717) is 29.9 Å². The van der Waals surface area contributed by atoms with Gasteiger partial charge in [-0.15, -0.1) is 0 Å². The van der Waals surface area contributed by atoms with Crippen LogP contribution in [0.4, 0.5) is 17.6 Å². The minimum Gasteiger partial charge on any atom is -0.493 e. The highest BCUT2D eigenvalue weighted by molar-refractivity contribution is 5.79. The summed E-state index contributed by atoms with van der Waals surface area (Å²) in [5, 5.41) is 0. The molecule has 1 aliphatic carbocycles. The third-order valence-corrected chi connectivity index (χ3v) is 5.69. The van der Waals surface area contributed by atoms with Crippen LogP contribution >= 0.6 is 0 Å². The van der Waals surface area contributed by atoms with Gasteiger partial charge in [0.25, 0.3) is 0 Å². The van der Waals surface area contributed by atoms with Crippen molar-refractivity contribution in [2.45, 2.75) is 51.1 Å². The summed E-state index contributed by atoms with van der Waals surface area (Å²) in [5.74, 6) is -2.19. The SMILES string of the molecule is CC(C)(C[C@@]1(C(F)(F)F)CC[C@@H]1C(N)=O)c1cc(F)cc2c1OCC2. The molecule has 138 valence electrons. The van der Waals surface area contributed by atoms with Crippen molar-refractivity contribution in [1.29, 1.82) is 0 Å². The lowest BCUT2D eigenvalue weighted by molar-refractivity contribution is -0.277. The summed E-state index contributed by atoms with van der Waals surface area (Å²) in [4.78, 5) is 11.5. The number of carbonyl (C=O) groups is 1. The molecule has 1 saturated carbocycles. The first-order chi connectivity index (χ1) is 11.5. The van der Waals surface area contributed by atoms with Crippen LogP contribution in [0.25, 0.3) is 0 Å². The van der Waals surface area contributed by atoms with Crippen LogP contribution in [0.5, 0.6) is 5.75 Å². The monoisotopic (exact) mass is 359 g/mol. The Morgan fingerprint density at radius 1 is 1.36 bits per heavy atom. The number of primary amides is 1. The second-order valence-corrected chi connectivity index (χ2v) is 7.75. The lowest BCUT2D eigenvalue weighted by Gasteiger charge is -2.52. The highest BCUT2D eigenvalue weighted by Crippen LogP contribution is 2.62. The van der Waals surface area contributed by atoms with Gasteiger partial charge in [-0.1, -0.05) is 13.8 Å². The molecule has 1 aromatic carbocycles. The predicted molar refractivity (Wildman–Crippen MR) is 83.6 cm³/mol. The van der Waals surface area contributed by atoms with E-state index in [-0.39, 0.29) is 19.3 Å². The molecule has 0 spiro atoms. The van der Waals surface area contributed by atoms with Gasteiger partial charge in [-0.05, 0) is 36.8 Å². The maximum atomic E-state index is 14.0. The highest BCUT2D eigenvalue weighted by Gasteiger charge is 2.67. The number of hydrogen-bond donors (Lipinski definition) is 1. The van der Waals surface area contributed by atoms with Crippen LogP contribution in [0, 0.1) is 17.2 Å². The van der Waals surface area contributed by atoms with E-state index >= 15 is 0 Å². The van der Waals surface area contributed by atoms with Crippen LogP contribution in [0.1, 0.15) is 44.2 Å². The molecule has 3 nitrogen and oxygen atoms in total. The molecule has 0 radical (unpaired) electrons. The summed E-state index contributed by atoms with van der Waals surface area (Å²) in [6, 6.07) is 2.60. The first-order valence-electron chi connectivity index (χ1n) is 8.30. The van der Waals surface area contributed by atoms with Crippen molar-refractivity contribution in [3.8, 4) is 5.75 Å². The van der Waals surface area contributed by atoms with Crippen molar-refractivity contribution >= 4 is 5.91 Å². The van der Waals surface area contributed by atoms with Gasteiger partial charge >= 0.3 is 6.18 Å². The number of hydrogen-bond acceptors (Lipinski definition) is 2. The normalized spacial score (nSPS) is 25.9. The number of fused-ring (bicyclic) bond motifs is 1. The van der Waals surface area contributed by atoms with Crippen LogP contribution in [0.2, 0.25) is 0 Å². The van der Waals surface area contributed by atoms with Crippen LogP contribution in [-0.4, -0.2) is 18.7 Å². The van der Waals surface area contributed by atoms with Gasteiger partial charge in [0.1, 0.15) is 11.6 Å².